The SMILES string of the molecule is CC(=O)NC[C@H](C)CC(=O)CC[C@@H](NC(=O)[C@@H](CC(=O)[C@H](C)NC(=O)[C@@H](CC(=O)[C@H](C)NC(=O)[C@@H](CC(=O)[C@H](C)NC(=O)[C@@H](C)CC(C)C)CC(C)C)CC(C)C)CC(C)C)C(C)C. The number of Topliss-reactive ketones (excluding diaryl/α,β-unsaturated/α-hetero) is 4. The molecule has 0 aliphatic carbocycles. The first-order valence-electron chi connectivity index (χ1n) is 24.1. The maximum atomic E-state index is 13.7. The van der Waals surface area contributed by atoms with Crippen LogP contribution in [0.2, 0.25) is 0 Å². The van der Waals surface area contributed by atoms with E-state index in [0.717, 1.165) is 0 Å². The first-order chi connectivity index (χ1) is 29.5. The van der Waals surface area contributed by atoms with Crippen molar-refractivity contribution >= 4 is 52.7 Å². The predicted molar refractivity (Wildman–Crippen MR) is 253 cm³/mol. The summed E-state index contributed by atoms with van der Waals surface area (Å²) in [6, 6.07) is -2.95. The lowest BCUT2D eigenvalue weighted by Crippen LogP contribution is -2.47. The van der Waals surface area contributed by atoms with Gasteiger partial charge in [0.25, 0.3) is 0 Å². The van der Waals surface area contributed by atoms with Gasteiger partial charge in [-0.3, -0.25) is 43.2 Å². The monoisotopic (exact) mass is 904 g/mol. The quantitative estimate of drug-likeness (QED) is 0.0473. The summed E-state index contributed by atoms with van der Waals surface area (Å²) in [4.78, 5) is 118. The van der Waals surface area contributed by atoms with Crippen LogP contribution in [0.3, 0.4) is 0 Å². The van der Waals surface area contributed by atoms with E-state index in [1.54, 1.807) is 20.8 Å². The Morgan fingerprint density at radius 3 is 1.09 bits per heavy atom. The Morgan fingerprint density at radius 1 is 0.422 bits per heavy atom. The van der Waals surface area contributed by atoms with Gasteiger partial charge >= 0.3 is 0 Å². The first-order valence-corrected chi connectivity index (χ1v) is 24.1. The Labute approximate surface area is 386 Å². The number of hydrogen-bond acceptors (Lipinski definition) is 9. The van der Waals surface area contributed by atoms with Gasteiger partial charge in [0.05, 0.1) is 18.1 Å². The molecule has 368 valence electrons. The summed E-state index contributed by atoms with van der Waals surface area (Å²) >= 11 is 0. The van der Waals surface area contributed by atoms with Gasteiger partial charge < -0.3 is 26.6 Å². The van der Waals surface area contributed by atoms with Gasteiger partial charge in [-0.2, -0.15) is 0 Å². The van der Waals surface area contributed by atoms with Gasteiger partial charge in [-0.05, 0) is 88.4 Å². The molecule has 0 spiro atoms. The van der Waals surface area contributed by atoms with Crippen LogP contribution in [-0.4, -0.2) is 83.4 Å². The summed E-state index contributed by atoms with van der Waals surface area (Å²) in [5.41, 5.74) is 0. The molecule has 14 heteroatoms. The first kappa shape index (κ1) is 60.0. The lowest BCUT2D eigenvalue weighted by molar-refractivity contribution is -0.135. The zero-order valence-electron chi connectivity index (χ0n) is 42.5. The van der Waals surface area contributed by atoms with E-state index in [0.29, 0.717) is 51.0 Å². The zero-order valence-corrected chi connectivity index (χ0v) is 42.5. The second kappa shape index (κ2) is 30.3. The van der Waals surface area contributed by atoms with Crippen LogP contribution in [0.4, 0.5) is 0 Å². The van der Waals surface area contributed by atoms with E-state index in [2.05, 4.69) is 26.6 Å². The van der Waals surface area contributed by atoms with Crippen molar-refractivity contribution in [2.75, 3.05) is 6.54 Å². The van der Waals surface area contributed by atoms with E-state index in [-0.39, 0.29) is 108 Å². The van der Waals surface area contributed by atoms with Crippen LogP contribution in [0.1, 0.15) is 175 Å². The van der Waals surface area contributed by atoms with Crippen LogP contribution in [0.15, 0.2) is 0 Å². The molecular formula is C50H89N5O9. The molecule has 5 amide bonds. The van der Waals surface area contributed by atoms with Crippen molar-refractivity contribution < 1.29 is 43.2 Å². The van der Waals surface area contributed by atoms with Crippen LogP contribution in [0, 0.1) is 59.2 Å². The topological polar surface area (TPSA) is 214 Å². The van der Waals surface area contributed by atoms with Gasteiger partial charge in [0.2, 0.25) is 29.5 Å². The van der Waals surface area contributed by atoms with Crippen molar-refractivity contribution in [2.24, 2.45) is 59.2 Å². The van der Waals surface area contributed by atoms with Crippen molar-refractivity contribution in [3.8, 4) is 0 Å². The number of nitrogens with one attached hydrogen (secondary N) is 5. The minimum Gasteiger partial charge on any atom is -0.356 e. The summed E-state index contributed by atoms with van der Waals surface area (Å²) in [6.07, 6.45) is 2.53. The second-order valence-corrected chi connectivity index (χ2v) is 20.9. The molecule has 0 saturated heterocycles. The number of carbonyl (C=O) groups is 9. The highest BCUT2D eigenvalue weighted by Gasteiger charge is 2.33. The number of carbonyl (C=O) groups excluding carboxylic acids is 9. The van der Waals surface area contributed by atoms with Gasteiger partial charge in [-0.15, -0.1) is 0 Å². The molecule has 14 nitrogen and oxygen atoms in total. The van der Waals surface area contributed by atoms with Crippen molar-refractivity contribution in [1.82, 2.24) is 26.6 Å². The highest BCUT2D eigenvalue weighted by molar-refractivity contribution is 5.96. The van der Waals surface area contributed by atoms with Crippen molar-refractivity contribution in [1.29, 1.82) is 0 Å². The summed E-state index contributed by atoms with van der Waals surface area (Å²) in [5.74, 6) is -4.33. The molecule has 0 fully saturated rings. The molecule has 64 heavy (non-hydrogen) atoms. The standard InChI is InChI=1S/C50H89N5O9/c1-28(2)19-34(12)47(61)52-35(13)44(58)24-39(20-29(3)4)48(62)53-36(14)45(59)25-40(21-30(5)6)49(63)54-37(15)46(60)26-41(22-31(7)8)50(64)55-43(32(9)10)18-17-42(57)23-33(11)27-51-38(16)56/h28-37,39-41,43H,17-27H2,1-16H3,(H,51,56)(H,52,61)(H,53,62)(H,54,63)(H,55,64)/t33-,34+,35+,36+,37+,39-,40-,41-,43-/m1/s1. The van der Waals surface area contributed by atoms with Crippen LogP contribution in [-0.2, 0) is 43.2 Å². The van der Waals surface area contributed by atoms with E-state index in [9.17, 15) is 43.2 Å². The Hall–Kier alpha value is -3.97. The molecule has 0 aliphatic rings. The minimum absolute atomic E-state index is 0.0110. The lowest BCUT2D eigenvalue weighted by Gasteiger charge is -2.27. The molecule has 0 aliphatic heterocycles. The maximum absolute atomic E-state index is 13.7. The van der Waals surface area contributed by atoms with Crippen molar-refractivity contribution in [2.45, 2.75) is 199 Å². The summed E-state index contributed by atoms with van der Waals surface area (Å²) in [6.45, 7) is 30.0. The molecule has 0 heterocycles. The number of rotatable bonds is 33. The third-order valence-electron chi connectivity index (χ3n) is 11.7. The predicted octanol–water partition coefficient (Wildman–Crippen LogP) is 6.70. The third kappa shape index (κ3) is 25.5. The fourth-order valence-electron chi connectivity index (χ4n) is 7.96. The summed E-state index contributed by atoms with van der Waals surface area (Å²) in [7, 11) is 0. The van der Waals surface area contributed by atoms with Gasteiger partial charge in [0.1, 0.15) is 5.78 Å². The molecule has 5 N–H and O–H groups in total. The highest BCUT2D eigenvalue weighted by atomic mass is 16.2. The molecule has 0 radical (unpaired) electrons. The fraction of sp³-hybridized carbons (Fsp3) is 0.820. The van der Waals surface area contributed by atoms with E-state index < -0.39 is 47.7 Å². The van der Waals surface area contributed by atoms with Gasteiger partial charge in [-0.25, -0.2) is 0 Å². The van der Waals surface area contributed by atoms with Gasteiger partial charge in [-0.1, -0.05) is 83.1 Å². The van der Waals surface area contributed by atoms with Crippen LogP contribution in [0.5, 0.6) is 0 Å². The Balaban J connectivity index is 5.72. The normalized spacial score (nSPS) is 16.0. The average Bonchev–Trinajstić information content (AvgIpc) is 3.16. The number of hydrogen-bond donors (Lipinski definition) is 5. The Morgan fingerprint density at radius 2 is 0.766 bits per heavy atom. The Bertz CT molecular complexity index is 1540. The molecule has 0 saturated carbocycles. The second-order valence-electron chi connectivity index (χ2n) is 20.9. The van der Waals surface area contributed by atoms with Crippen LogP contribution >= 0.6 is 0 Å². The molecule has 0 bridgehead atoms. The smallest absolute Gasteiger partial charge is 0.224 e. The maximum Gasteiger partial charge on any atom is 0.224 e. The minimum atomic E-state index is -0.950. The molecule has 0 aromatic heterocycles. The fourth-order valence-corrected chi connectivity index (χ4v) is 7.96. The Kier molecular flexibility index (Phi) is 28.4. The molecule has 0 unspecified atom stereocenters. The van der Waals surface area contributed by atoms with E-state index >= 15 is 0 Å². The number of amides is 5. The van der Waals surface area contributed by atoms with Gasteiger partial charge in [0, 0.05) is 75.3 Å². The summed E-state index contributed by atoms with van der Waals surface area (Å²) < 4.78 is 0. The largest absolute Gasteiger partial charge is 0.356 e. The van der Waals surface area contributed by atoms with E-state index in [4.69, 9.17) is 0 Å². The molecule has 9 atom stereocenters. The third-order valence-corrected chi connectivity index (χ3v) is 11.7. The number of ketones is 4. The van der Waals surface area contributed by atoms with Gasteiger partial charge in [0.15, 0.2) is 17.3 Å². The van der Waals surface area contributed by atoms with E-state index in [1.807, 2.05) is 83.1 Å². The summed E-state index contributed by atoms with van der Waals surface area (Å²) in [5, 5.41) is 14.2. The zero-order chi connectivity index (χ0) is 49.6. The van der Waals surface area contributed by atoms with E-state index in [1.165, 1.54) is 6.92 Å². The molecule has 0 rings (SSSR count). The molecular weight excluding hydrogens is 815 g/mol. The van der Waals surface area contributed by atoms with Crippen LogP contribution < -0.4 is 26.6 Å². The molecule has 0 aromatic carbocycles. The average molecular weight is 904 g/mol. The lowest BCUT2D eigenvalue weighted by atomic mass is 9.87. The molecule has 0 aromatic rings. The van der Waals surface area contributed by atoms with Crippen LogP contribution in [0.25, 0.3) is 0 Å². The van der Waals surface area contributed by atoms with Crippen molar-refractivity contribution in [3.63, 3.8) is 0 Å². The highest BCUT2D eigenvalue weighted by Crippen LogP contribution is 2.23. The van der Waals surface area contributed by atoms with Crippen molar-refractivity contribution in [3.05, 3.63) is 0 Å².